The van der Waals surface area contributed by atoms with Gasteiger partial charge in [-0.1, -0.05) is 11.3 Å². The molecule has 3 aliphatic rings. The average Bonchev–Trinajstić information content (AvgIpc) is 3.76. The molecule has 3 heterocycles. The van der Waals surface area contributed by atoms with E-state index >= 15 is 4.39 Å². The molecule has 2 aliphatic heterocycles. The normalized spacial score (nSPS) is 19.6. The molecule has 10 nitrogen and oxygen atoms in total. The molecule has 3 aromatic rings. The Hall–Kier alpha value is -3.68. The van der Waals surface area contributed by atoms with Crippen molar-refractivity contribution >= 4 is 58.0 Å². The number of nitrogens with zero attached hydrogens (tertiary/aromatic N) is 6. The van der Waals surface area contributed by atoms with Gasteiger partial charge in [-0.05, 0) is 67.0 Å². The summed E-state index contributed by atoms with van der Waals surface area (Å²) in [5.74, 6) is -2.58. The van der Waals surface area contributed by atoms with Crippen LogP contribution in [0.5, 0.6) is 5.75 Å². The molecule has 0 radical (unpaired) electrons. The van der Waals surface area contributed by atoms with Crippen LogP contribution in [0, 0.1) is 15.7 Å². The summed E-state index contributed by atoms with van der Waals surface area (Å²) >= 11 is 6.86. The minimum Gasteiger partial charge on any atom is -0.497 e. The van der Waals surface area contributed by atoms with Crippen LogP contribution in [0.2, 0.25) is 0 Å². The quantitative estimate of drug-likeness (QED) is 0.233. The number of fused-ring (bicyclic) bond motifs is 1. The van der Waals surface area contributed by atoms with Crippen LogP contribution in [0.1, 0.15) is 28.8 Å². The summed E-state index contributed by atoms with van der Waals surface area (Å²) in [6.07, 6.45) is 3.63. The van der Waals surface area contributed by atoms with E-state index in [4.69, 9.17) is 17.0 Å². The van der Waals surface area contributed by atoms with Gasteiger partial charge >= 0.3 is 5.97 Å². The number of carbonyl (C=O) groups excluding carboxylic acids is 1. The number of aliphatic carboxylic acids is 1. The fraction of sp³-hybridized carbons (Fsp3) is 0.393. The van der Waals surface area contributed by atoms with Crippen molar-refractivity contribution in [1.29, 1.82) is 0 Å². The number of ketones is 1. The molecule has 2 fully saturated rings. The molecule has 2 aromatic carbocycles. The summed E-state index contributed by atoms with van der Waals surface area (Å²) in [6.45, 7) is 3.16. The molecular weight excluding hydrogens is 567 g/mol. The van der Waals surface area contributed by atoms with Gasteiger partial charge in [-0.2, -0.15) is 0 Å². The lowest BCUT2D eigenvalue weighted by atomic mass is 9.90. The largest absolute Gasteiger partial charge is 0.497 e. The van der Waals surface area contributed by atoms with Crippen molar-refractivity contribution in [2.24, 2.45) is 10.9 Å². The van der Waals surface area contributed by atoms with Crippen molar-refractivity contribution in [3.8, 4) is 5.75 Å². The van der Waals surface area contributed by atoms with Crippen LogP contribution >= 0.6 is 23.6 Å². The molecular formula is C28H29FN6O4S2. The molecule has 1 unspecified atom stereocenters. The number of piperazine rings is 1. The molecule has 1 N–H and O–H groups in total. The number of carboxylic acids is 1. The molecule has 1 saturated heterocycles. The maximum absolute atomic E-state index is 15.3. The molecule has 1 aromatic heterocycles. The number of Topliss-reactive ketones (excluding diaryl/α,β-unsaturated/α-hetero) is 1. The molecule has 214 valence electrons. The highest BCUT2D eigenvalue weighted by molar-refractivity contribution is 7.73. The average molecular weight is 597 g/mol. The van der Waals surface area contributed by atoms with Gasteiger partial charge in [0.25, 0.3) is 0 Å². The van der Waals surface area contributed by atoms with E-state index in [0.717, 1.165) is 24.2 Å². The van der Waals surface area contributed by atoms with Crippen LogP contribution in [0.4, 0.5) is 20.9 Å². The monoisotopic (exact) mass is 596 g/mol. The third kappa shape index (κ3) is 5.74. The highest BCUT2D eigenvalue weighted by Crippen LogP contribution is 2.41. The highest BCUT2D eigenvalue weighted by atomic mass is 32.1. The molecule has 0 bridgehead atoms. The number of aliphatic imine (C=N–C) groups is 1. The molecule has 1 aliphatic carbocycles. The van der Waals surface area contributed by atoms with Crippen LogP contribution in [0.15, 0.2) is 41.4 Å². The topological polar surface area (TPSA) is 104 Å². The molecule has 1 saturated carbocycles. The Morgan fingerprint density at radius 3 is 2.59 bits per heavy atom. The minimum atomic E-state index is -1.16. The second kappa shape index (κ2) is 11.3. The Kier molecular flexibility index (Phi) is 7.58. The summed E-state index contributed by atoms with van der Waals surface area (Å²) in [7, 11) is 1.62. The number of ether oxygens (including phenoxy) is 1. The van der Waals surface area contributed by atoms with E-state index in [1.165, 1.54) is 17.4 Å². The predicted molar refractivity (Wildman–Crippen MR) is 157 cm³/mol. The lowest BCUT2D eigenvalue weighted by Crippen LogP contribution is -2.47. The van der Waals surface area contributed by atoms with Crippen LogP contribution in [-0.2, 0) is 11.5 Å². The van der Waals surface area contributed by atoms with Crippen molar-refractivity contribution in [2.75, 3.05) is 49.6 Å². The van der Waals surface area contributed by atoms with E-state index in [9.17, 15) is 14.7 Å². The van der Waals surface area contributed by atoms with Crippen molar-refractivity contribution in [1.82, 2.24) is 14.7 Å². The van der Waals surface area contributed by atoms with Gasteiger partial charge in [0.15, 0.2) is 9.74 Å². The van der Waals surface area contributed by atoms with Gasteiger partial charge in [0, 0.05) is 50.5 Å². The summed E-state index contributed by atoms with van der Waals surface area (Å²) in [6, 6.07) is 10.7. The van der Waals surface area contributed by atoms with Gasteiger partial charge in [-0.25, -0.2) is 14.1 Å². The summed E-state index contributed by atoms with van der Waals surface area (Å²) in [4.78, 5) is 35.2. The molecule has 41 heavy (non-hydrogen) atoms. The Balaban J connectivity index is 1.11. The molecule has 1 atom stereocenters. The zero-order valence-electron chi connectivity index (χ0n) is 22.4. The molecule has 13 heteroatoms. The number of anilines is 2. The van der Waals surface area contributed by atoms with Crippen LogP contribution in [-0.4, -0.2) is 83.6 Å². The number of carbonyl (C=O) groups is 2. The number of carboxylic acid groups (broad SMARTS) is 1. The third-order valence-corrected chi connectivity index (χ3v) is 8.92. The smallest absolute Gasteiger partial charge is 0.316 e. The zero-order valence-corrected chi connectivity index (χ0v) is 24.0. The number of benzene rings is 2. The SMILES string of the molecule is COc1ccc(C=Nc2nn(CN3CCN(c4cc5c(cc4F)C(=O)C(C(=O)O)CN5C4CC4)CC3)c(=S)s2)cc1. The first-order valence-corrected chi connectivity index (χ1v) is 14.6. The fourth-order valence-corrected chi connectivity index (χ4v) is 6.22. The second-order valence-electron chi connectivity index (χ2n) is 10.4. The van der Waals surface area contributed by atoms with E-state index in [2.05, 4.69) is 15.0 Å². The Morgan fingerprint density at radius 2 is 1.93 bits per heavy atom. The van der Waals surface area contributed by atoms with E-state index in [1.807, 2.05) is 34.1 Å². The number of aromatic nitrogens is 2. The predicted octanol–water partition coefficient (Wildman–Crippen LogP) is 4.22. The van der Waals surface area contributed by atoms with Gasteiger partial charge in [0.05, 0.1) is 25.2 Å². The lowest BCUT2D eigenvalue weighted by Gasteiger charge is -2.38. The molecule has 0 spiro atoms. The van der Waals surface area contributed by atoms with Crippen LogP contribution in [0.25, 0.3) is 0 Å². The van der Waals surface area contributed by atoms with Gasteiger partial charge in [0.1, 0.15) is 17.5 Å². The first-order chi connectivity index (χ1) is 19.8. The van der Waals surface area contributed by atoms with E-state index in [1.54, 1.807) is 24.1 Å². The van der Waals surface area contributed by atoms with Crippen LogP contribution in [0.3, 0.4) is 0 Å². The van der Waals surface area contributed by atoms with Crippen molar-refractivity contribution in [3.63, 3.8) is 0 Å². The fourth-order valence-electron chi connectivity index (χ4n) is 5.29. The Bertz CT molecular complexity index is 1560. The maximum atomic E-state index is 15.3. The van der Waals surface area contributed by atoms with E-state index < -0.39 is 23.5 Å². The van der Waals surface area contributed by atoms with Crippen molar-refractivity contribution in [3.05, 3.63) is 57.3 Å². The third-order valence-electron chi connectivity index (χ3n) is 7.70. The van der Waals surface area contributed by atoms with E-state index in [-0.39, 0.29) is 18.2 Å². The molecule has 6 rings (SSSR count). The number of halogens is 1. The first-order valence-electron chi connectivity index (χ1n) is 13.4. The minimum absolute atomic E-state index is 0.130. The van der Waals surface area contributed by atoms with Crippen molar-refractivity contribution in [2.45, 2.75) is 25.6 Å². The summed E-state index contributed by atoms with van der Waals surface area (Å²) < 4.78 is 22.9. The first kappa shape index (κ1) is 27.5. The highest BCUT2D eigenvalue weighted by Gasteiger charge is 2.42. The van der Waals surface area contributed by atoms with Gasteiger partial charge in [0.2, 0.25) is 5.13 Å². The Labute approximate surface area is 245 Å². The number of hydrogen-bond donors (Lipinski definition) is 1. The van der Waals surface area contributed by atoms with Crippen LogP contribution < -0.4 is 14.5 Å². The van der Waals surface area contributed by atoms with Crippen molar-refractivity contribution < 1.29 is 23.8 Å². The standard InChI is InChI=1S/C28H29FN6O4S2/c1-39-19-6-2-17(3-7-19)14-30-27-31-35(28(40)41-27)16-32-8-10-33(11-9-32)24-13-23-20(12-22(24)29)25(36)21(26(37)38)15-34(23)18-4-5-18/h2-3,6-7,12-14,18,21H,4-5,8-11,15-16H2,1H3,(H,37,38). The Morgan fingerprint density at radius 1 is 1.20 bits per heavy atom. The zero-order chi connectivity index (χ0) is 28.7. The van der Waals surface area contributed by atoms with Gasteiger partial charge in [-0.3, -0.25) is 14.5 Å². The second-order valence-corrected chi connectivity index (χ2v) is 12.0. The summed E-state index contributed by atoms with van der Waals surface area (Å²) in [5, 5.41) is 14.7. The van der Waals surface area contributed by atoms with Gasteiger partial charge < -0.3 is 19.6 Å². The maximum Gasteiger partial charge on any atom is 0.316 e. The molecule has 0 amide bonds. The number of rotatable bonds is 8. The van der Waals surface area contributed by atoms with Gasteiger partial charge in [-0.15, -0.1) is 5.10 Å². The van der Waals surface area contributed by atoms with E-state index in [0.29, 0.717) is 53.3 Å². The lowest BCUT2D eigenvalue weighted by molar-refractivity contribution is -0.139. The summed E-state index contributed by atoms with van der Waals surface area (Å²) in [5.41, 5.74) is 2.18. The number of hydrogen-bond acceptors (Lipinski definition) is 10. The number of methoxy groups -OCH3 is 1.